The fourth-order valence-electron chi connectivity index (χ4n) is 3.07. The van der Waals surface area contributed by atoms with Gasteiger partial charge in [-0.2, -0.15) is 0 Å². The molecular weight excluding hydrogens is 242 g/mol. The van der Waals surface area contributed by atoms with E-state index in [1.807, 2.05) is 24.5 Å². The molecule has 19 heavy (non-hydrogen) atoms. The Morgan fingerprint density at radius 1 is 1.47 bits per heavy atom. The SMILES string of the molecule is CNC(=O)[C@@H]1C[C@H]2CN(Cc3ccncc3)C[C@H]1O2. The first-order valence-corrected chi connectivity index (χ1v) is 6.74. The molecule has 0 spiro atoms. The highest BCUT2D eigenvalue weighted by molar-refractivity contribution is 5.79. The topological polar surface area (TPSA) is 54.5 Å². The van der Waals surface area contributed by atoms with Crippen LogP contribution in [0.5, 0.6) is 0 Å². The minimum Gasteiger partial charge on any atom is -0.371 e. The average Bonchev–Trinajstić information content (AvgIpc) is 2.74. The molecule has 0 saturated carbocycles. The third kappa shape index (κ3) is 2.62. The standard InChI is InChI=1S/C14H19N3O2/c1-15-14(18)12-6-11-8-17(9-13(12)19-11)7-10-2-4-16-5-3-10/h2-5,11-13H,6-9H2,1H3,(H,15,18)/t11-,12+,13+/m0/s1. The van der Waals surface area contributed by atoms with Gasteiger partial charge in [0.05, 0.1) is 18.1 Å². The normalized spacial score (nSPS) is 30.3. The first-order valence-electron chi connectivity index (χ1n) is 6.74. The summed E-state index contributed by atoms with van der Waals surface area (Å²) in [6.45, 7) is 2.64. The Morgan fingerprint density at radius 3 is 3.00 bits per heavy atom. The number of carbonyl (C=O) groups excluding carboxylic acids is 1. The number of aromatic nitrogens is 1. The molecule has 2 fully saturated rings. The molecule has 1 aromatic rings. The predicted molar refractivity (Wildman–Crippen MR) is 70.3 cm³/mol. The van der Waals surface area contributed by atoms with Gasteiger partial charge in [0.15, 0.2) is 0 Å². The van der Waals surface area contributed by atoms with E-state index < -0.39 is 0 Å². The number of morpholine rings is 1. The number of hydrogen-bond acceptors (Lipinski definition) is 4. The van der Waals surface area contributed by atoms with E-state index in [0.29, 0.717) is 0 Å². The number of pyridine rings is 1. The van der Waals surface area contributed by atoms with Crippen LogP contribution in [0.2, 0.25) is 0 Å². The Hall–Kier alpha value is -1.46. The molecule has 1 N–H and O–H groups in total. The van der Waals surface area contributed by atoms with Crippen molar-refractivity contribution in [3.05, 3.63) is 30.1 Å². The number of ether oxygens (including phenoxy) is 1. The number of carbonyl (C=O) groups is 1. The van der Waals surface area contributed by atoms with Crippen LogP contribution in [0.25, 0.3) is 0 Å². The Labute approximate surface area is 113 Å². The lowest BCUT2D eigenvalue weighted by molar-refractivity contribution is -0.127. The molecule has 0 radical (unpaired) electrons. The number of rotatable bonds is 3. The quantitative estimate of drug-likeness (QED) is 0.856. The van der Waals surface area contributed by atoms with Crippen molar-refractivity contribution in [3.63, 3.8) is 0 Å². The van der Waals surface area contributed by atoms with Crippen LogP contribution < -0.4 is 5.32 Å². The van der Waals surface area contributed by atoms with E-state index in [9.17, 15) is 4.79 Å². The zero-order valence-electron chi connectivity index (χ0n) is 11.1. The second kappa shape index (κ2) is 5.27. The van der Waals surface area contributed by atoms with E-state index in [1.165, 1.54) is 5.56 Å². The average molecular weight is 261 g/mol. The van der Waals surface area contributed by atoms with Crippen LogP contribution in [0.1, 0.15) is 12.0 Å². The minimum absolute atomic E-state index is 0.0115. The van der Waals surface area contributed by atoms with Crippen molar-refractivity contribution in [2.75, 3.05) is 20.1 Å². The molecule has 0 unspecified atom stereocenters. The van der Waals surface area contributed by atoms with Crippen LogP contribution in [0, 0.1) is 5.92 Å². The van der Waals surface area contributed by atoms with E-state index >= 15 is 0 Å². The van der Waals surface area contributed by atoms with Gasteiger partial charge in [0.2, 0.25) is 5.91 Å². The van der Waals surface area contributed by atoms with Gasteiger partial charge in [0.1, 0.15) is 0 Å². The molecule has 0 aromatic carbocycles. The highest BCUT2D eigenvalue weighted by Crippen LogP contribution is 2.32. The summed E-state index contributed by atoms with van der Waals surface area (Å²) in [5.74, 6) is 0.121. The van der Waals surface area contributed by atoms with Gasteiger partial charge in [-0.05, 0) is 24.1 Å². The molecule has 102 valence electrons. The summed E-state index contributed by atoms with van der Waals surface area (Å²) in [5, 5.41) is 2.74. The van der Waals surface area contributed by atoms with Gasteiger partial charge in [-0.3, -0.25) is 14.7 Å². The van der Waals surface area contributed by atoms with Crippen molar-refractivity contribution in [1.29, 1.82) is 0 Å². The molecule has 5 heteroatoms. The predicted octanol–water partition coefficient (Wildman–Crippen LogP) is 0.417. The highest BCUT2D eigenvalue weighted by atomic mass is 16.5. The van der Waals surface area contributed by atoms with Crippen LogP contribution in [-0.4, -0.2) is 48.1 Å². The fourth-order valence-corrected chi connectivity index (χ4v) is 3.07. The first-order chi connectivity index (χ1) is 9.26. The largest absolute Gasteiger partial charge is 0.371 e. The van der Waals surface area contributed by atoms with Crippen molar-refractivity contribution in [2.24, 2.45) is 5.92 Å². The number of fused-ring (bicyclic) bond motifs is 2. The summed E-state index contributed by atoms with van der Waals surface area (Å²) in [5.41, 5.74) is 1.26. The van der Waals surface area contributed by atoms with Crippen LogP contribution in [0.15, 0.2) is 24.5 Å². The summed E-state index contributed by atoms with van der Waals surface area (Å²) in [4.78, 5) is 18.2. The molecule has 3 heterocycles. The Balaban J connectivity index is 1.64. The highest BCUT2D eigenvalue weighted by Gasteiger charge is 2.44. The van der Waals surface area contributed by atoms with Gasteiger partial charge in [-0.25, -0.2) is 0 Å². The number of nitrogens with one attached hydrogen (secondary N) is 1. The molecule has 0 aliphatic carbocycles. The molecular formula is C14H19N3O2. The third-order valence-electron chi connectivity index (χ3n) is 3.97. The molecule has 2 aliphatic heterocycles. The van der Waals surface area contributed by atoms with Gasteiger partial charge in [0, 0.05) is 39.1 Å². The first kappa shape index (κ1) is 12.6. The summed E-state index contributed by atoms with van der Waals surface area (Å²) in [6, 6.07) is 4.07. The Morgan fingerprint density at radius 2 is 2.26 bits per heavy atom. The fraction of sp³-hybridized carbons (Fsp3) is 0.571. The molecule has 2 bridgehead atoms. The second-order valence-corrected chi connectivity index (χ2v) is 5.30. The third-order valence-corrected chi connectivity index (χ3v) is 3.97. The van der Waals surface area contributed by atoms with Gasteiger partial charge >= 0.3 is 0 Å². The minimum atomic E-state index is 0.0115. The van der Waals surface area contributed by atoms with E-state index in [-0.39, 0.29) is 24.0 Å². The van der Waals surface area contributed by atoms with Crippen molar-refractivity contribution in [2.45, 2.75) is 25.2 Å². The van der Waals surface area contributed by atoms with Crippen LogP contribution in [-0.2, 0) is 16.1 Å². The van der Waals surface area contributed by atoms with Gasteiger partial charge in [-0.1, -0.05) is 0 Å². The van der Waals surface area contributed by atoms with Crippen molar-refractivity contribution >= 4 is 5.91 Å². The maximum absolute atomic E-state index is 11.8. The second-order valence-electron chi connectivity index (χ2n) is 5.30. The summed E-state index contributed by atoms with van der Waals surface area (Å²) in [6.07, 6.45) is 4.72. The number of hydrogen-bond donors (Lipinski definition) is 1. The van der Waals surface area contributed by atoms with Crippen molar-refractivity contribution < 1.29 is 9.53 Å². The number of likely N-dealkylation sites (tertiary alicyclic amines) is 1. The van der Waals surface area contributed by atoms with Crippen LogP contribution in [0.4, 0.5) is 0 Å². The zero-order chi connectivity index (χ0) is 13.2. The molecule has 5 nitrogen and oxygen atoms in total. The molecule has 1 aromatic heterocycles. The van der Waals surface area contributed by atoms with Crippen LogP contribution in [0.3, 0.4) is 0 Å². The molecule has 3 atom stereocenters. The number of amides is 1. The van der Waals surface area contributed by atoms with Crippen LogP contribution >= 0.6 is 0 Å². The monoisotopic (exact) mass is 261 g/mol. The Kier molecular flexibility index (Phi) is 3.48. The van der Waals surface area contributed by atoms with E-state index in [1.54, 1.807) is 7.05 Å². The maximum Gasteiger partial charge on any atom is 0.225 e. The van der Waals surface area contributed by atoms with Gasteiger partial charge < -0.3 is 10.1 Å². The smallest absolute Gasteiger partial charge is 0.225 e. The van der Waals surface area contributed by atoms with E-state index in [2.05, 4.69) is 15.2 Å². The van der Waals surface area contributed by atoms with Crippen molar-refractivity contribution in [3.8, 4) is 0 Å². The lowest BCUT2D eigenvalue weighted by atomic mass is 10.00. The van der Waals surface area contributed by atoms with E-state index in [4.69, 9.17) is 4.74 Å². The zero-order valence-corrected chi connectivity index (χ0v) is 11.1. The molecule has 2 aliphatic rings. The summed E-state index contributed by atoms with van der Waals surface area (Å²) < 4.78 is 5.89. The lowest BCUT2D eigenvalue weighted by Gasteiger charge is -2.32. The van der Waals surface area contributed by atoms with Gasteiger partial charge in [-0.15, -0.1) is 0 Å². The number of nitrogens with zero attached hydrogens (tertiary/aromatic N) is 2. The van der Waals surface area contributed by atoms with Gasteiger partial charge in [0.25, 0.3) is 0 Å². The summed E-state index contributed by atoms with van der Waals surface area (Å²) in [7, 11) is 1.69. The molecule has 3 rings (SSSR count). The lowest BCUT2D eigenvalue weighted by Crippen LogP contribution is -2.44. The summed E-state index contributed by atoms with van der Waals surface area (Å²) >= 11 is 0. The Bertz CT molecular complexity index is 451. The molecule has 2 saturated heterocycles. The molecule has 1 amide bonds. The maximum atomic E-state index is 11.8. The van der Waals surface area contributed by atoms with Crippen molar-refractivity contribution in [1.82, 2.24) is 15.2 Å². The van der Waals surface area contributed by atoms with E-state index in [0.717, 1.165) is 26.1 Å².